The van der Waals surface area contributed by atoms with Gasteiger partial charge in [-0.05, 0) is 39.9 Å². The number of benzene rings is 1. The molecule has 1 aromatic carbocycles. The van der Waals surface area contributed by atoms with Gasteiger partial charge in [-0.3, -0.25) is 4.79 Å². The maximum atomic E-state index is 12.0. The summed E-state index contributed by atoms with van der Waals surface area (Å²) < 4.78 is 1.18. The second-order valence-corrected chi connectivity index (χ2v) is 5.29. The molecule has 0 amide bonds. The molecular weight excluding hydrogens is 236 g/mol. The van der Waals surface area contributed by atoms with Gasteiger partial charge in [-0.25, -0.2) is 0 Å². The lowest BCUT2D eigenvalue weighted by Gasteiger charge is -1.99. The highest BCUT2D eigenvalue weighted by atomic mass is 32.1. The topological polar surface area (TPSA) is 17.1 Å². The van der Waals surface area contributed by atoms with Crippen molar-refractivity contribution in [1.82, 2.24) is 0 Å². The number of rotatable bonds is 1. The molecule has 3 rings (SSSR count). The second-order valence-electron chi connectivity index (χ2n) is 3.50. The number of hydrogen-bond acceptors (Lipinski definition) is 3. The Bertz CT molecular complexity index is 680. The van der Waals surface area contributed by atoms with E-state index < -0.39 is 0 Å². The van der Waals surface area contributed by atoms with E-state index in [1.807, 2.05) is 47.2 Å². The second kappa shape index (κ2) is 3.85. The summed E-state index contributed by atoms with van der Waals surface area (Å²) in [6.07, 6.45) is 0. The normalized spacial score (nSPS) is 10.8. The summed E-state index contributed by atoms with van der Waals surface area (Å²) in [5, 5.41) is 5.14. The van der Waals surface area contributed by atoms with Crippen LogP contribution < -0.4 is 4.74 Å². The molecular formula is C13H8OS2. The third-order valence-electron chi connectivity index (χ3n) is 2.47. The van der Waals surface area contributed by atoms with Crippen LogP contribution in [0.25, 0.3) is 21.2 Å². The molecule has 1 nitrogen and oxygen atoms in total. The molecule has 0 atom stereocenters. The van der Waals surface area contributed by atoms with Gasteiger partial charge in [0, 0.05) is 10.3 Å². The van der Waals surface area contributed by atoms with Crippen LogP contribution in [0.4, 0.5) is 0 Å². The molecule has 0 radical (unpaired) electrons. The van der Waals surface area contributed by atoms with E-state index in [-0.39, 0.29) is 4.74 Å². The third kappa shape index (κ3) is 1.58. The lowest BCUT2D eigenvalue weighted by atomic mass is 10.1. The van der Waals surface area contributed by atoms with Crippen LogP contribution in [0.3, 0.4) is 0 Å². The first kappa shape index (κ1) is 9.75. The Morgan fingerprint density at radius 1 is 1.06 bits per heavy atom. The van der Waals surface area contributed by atoms with Crippen molar-refractivity contribution in [1.29, 1.82) is 0 Å². The van der Waals surface area contributed by atoms with Crippen molar-refractivity contribution in [3.63, 3.8) is 0 Å². The summed E-state index contributed by atoms with van der Waals surface area (Å²) in [4.78, 5) is 12.0. The van der Waals surface area contributed by atoms with Gasteiger partial charge in [0.15, 0.2) is 0 Å². The number of fused-ring (bicyclic) bond motifs is 1. The van der Waals surface area contributed by atoms with Gasteiger partial charge in [0.2, 0.25) is 4.74 Å². The minimum absolute atomic E-state index is 0.136. The Kier molecular flexibility index (Phi) is 2.35. The Morgan fingerprint density at radius 3 is 2.75 bits per heavy atom. The first-order valence-corrected chi connectivity index (χ1v) is 6.66. The van der Waals surface area contributed by atoms with E-state index >= 15 is 0 Å². The van der Waals surface area contributed by atoms with E-state index in [0.29, 0.717) is 0 Å². The Labute approximate surface area is 101 Å². The van der Waals surface area contributed by atoms with Crippen molar-refractivity contribution < 1.29 is 0 Å². The van der Waals surface area contributed by atoms with E-state index in [9.17, 15) is 4.79 Å². The molecule has 0 saturated carbocycles. The molecule has 0 N–H and O–H groups in total. The molecule has 16 heavy (non-hydrogen) atoms. The van der Waals surface area contributed by atoms with Crippen molar-refractivity contribution in [2.45, 2.75) is 0 Å². The van der Waals surface area contributed by atoms with Gasteiger partial charge in [-0.15, -0.1) is 0 Å². The minimum atomic E-state index is 0.136. The highest BCUT2D eigenvalue weighted by molar-refractivity contribution is 7.16. The number of hydrogen-bond donors (Lipinski definition) is 0. The van der Waals surface area contributed by atoms with Gasteiger partial charge in [-0.2, -0.15) is 11.3 Å². The highest BCUT2D eigenvalue weighted by Crippen LogP contribution is 2.24. The molecule has 0 aliphatic rings. The maximum Gasteiger partial charge on any atom is 0.240 e. The summed E-state index contributed by atoms with van der Waals surface area (Å²) >= 11 is 2.93. The summed E-state index contributed by atoms with van der Waals surface area (Å²) in [5.41, 5.74) is 1.84. The van der Waals surface area contributed by atoms with Crippen LogP contribution in [0.5, 0.6) is 0 Å². The summed E-state index contributed by atoms with van der Waals surface area (Å²) in [7, 11) is 0. The molecule has 0 bridgehead atoms. The molecule has 0 spiro atoms. The lowest BCUT2D eigenvalue weighted by molar-refractivity contribution is 1.72. The van der Waals surface area contributed by atoms with E-state index in [1.165, 1.54) is 11.3 Å². The average Bonchev–Trinajstić information content (AvgIpc) is 2.81. The van der Waals surface area contributed by atoms with Crippen LogP contribution in [-0.2, 0) is 0 Å². The summed E-state index contributed by atoms with van der Waals surface area (Å²) in [6.45, 7) is 0. The molecule has 2 heterocycles. The predicted octanol–water partition coefficient (Wildman–Crippen LogP) is 3.99. The van der Waals surface area contributed by atoms with Crippen molar-refractivity contribution in [3.8, 4) is 11.1 Å². The molecule has 2 aromatic heterocycles. The van der Waals surface area contributed by atoms with Crippen molar-refractivity contribution >= 4 is 32.8 Å². The maximum absolute atomic E-state index is 12.0. The SMILES string of the molecule is O=c1sc2ccccc2cc1-c1ccsc1. The van der Waals surface area contributed by atoms with Crippen LogP contribution >= 0.6 is 22.7 Å². The first-order chi connectivity index (χ1) is 7.84. The van der Waals surface area contributed by atoms with Gasteiger partial charge in [0.05, 0.1) is 0 Å². The molecule has 0 fully saturated rings. The van der Waals surface area contributed by atoms with Crippen molar-refractivity contribution in [2.75, 3.05) is 0 Å². The van der Waals surface area contributed by atoms with Crippen molar-refractivity contribution in [3.05, 3.63) is 56.7 Å². The fourth-order valence-electron chi connectivity index (χ4n) is 1.68. The van der Waals surface area contributed by atoms with Gasteiger partial charge in [-0.1, -0.05) is 29.5 Å². The smallest absolute Gasteiger partial charge is 0.240 e. The van der Waals surface area contributed by atoms with Crippen LogP contribution in [0, 0.1) is 0 Å². The number of thiophene rings is 1. The predicted molar refractivity (Wildman–Crippen MR) is 71.4 cm³/mol. The highest BCUT2D eigenvalue weighted by Gasteiger charge is 2.05. The Morgan fingerprint density at radius 2 is 1.94 bits per heavy atom. The molecule has 0 saturated heterocycles. The zero-order chi connectivity index (χ0) is 11.0. The van der Waals surface area contributed by atoms with Crippen LogP contribution in [0.15, 0.2) is 52.0 Å². The Hall–Kier alpha value is -1.45. The largest absolute Gasteiger partial charge is 0.277 e. The molecule has 3 heteroatoms. The van der Waals surface area contributed by atoms with Crippen molar-refractivity contribution in [2.24, 2.45) is 0 Å². The molecule has 0 unspecified atom stereocenters. The zero-order valence-corrected chi connectivity index (χ0v) is 9.98. The zero-order valence-electron chi connectivity index (χ0n) is 8.34. The van der Waals surface area contributed by atoms with Gasteiger partial charge < -0.3 is 0 Å². The van der Waals surface area contributed by atoms with Gasteiger partial charge in [0.1, 0.15) is 0 Å². The van der Waals surface area contributed by atoms with Gasteiger partial charge >= 0.3 is 0 Å². The fourth-order valence-corrected chi connectivity index (χ4v) is 3.21. The molecule has 0 aliphatic heterocycles. The average molecular weight is 244 g/mol. The summed E-state index contributed by atoms with van der Waals surface area (Å²) in [6, 6.07) is 12.0. The van der Waals surface area contributed by atoms with E-state index in [0.717, 1.165) is 21.2 Å². The third-order valence-corrected chi connectivity index (χ3v) is 4.15. The van der Waals surface area contributed by atoms with E-state index in [1.54, 1.807) is 11.3 Å². The monoisotopic (exact) mass is 244 g/mol. The van der Waals surface area contributed by atoms with Crippen LogP contribution in [-0.4, -0.2) is 0 Å². The standard InChI is InChI=1S/C13H8OS2/c14-13-11(10-5-6-15-8-10)7-9-3-1-2-4-12(9)16-13/h1-8H. The van der Waals surface area contributed by atoms with E-state index in [2.05, 4.69) is 0 Å². The van der Waals surface area contributed by atoms with Gasteiger partial charge in [0.25, 0.3) is 0 Å². The summed E-state index contributed by atoms with van der Waals surface area (Å²) in [5.74, 6) is 0. The molecule has 78 valence electrons. The molecule has 3 aromatic rings. The fraction of sp³-hybridized carbons (Fsp3) is 0. The lowest BCUT2D eigenvalue weighted by Crippen LogP contribution is -1.97. The molecule has 0 aliphatic carbocycles. The minimum Gasteiger partial charge on any atom is -0.277 e. The van der Waals surface area contributed by atoms with E-state index in [4.69, 9.17) is 0 Å². The Balaban J connectivity index is 2.34. The van der Waals surface area contributed by atoms with Crippen LogP contribution in [0.1, 0.15) is 0 Å². The van der Waals surface area contributed by atoms with Crippen LogP contribution in [0.2, 0.25) is 0 Å². The quantitative estimate of drug-likeness (QED) is 0.632. The first-order valence-electron chi connectivity index (χ1n) is 4.90.